The van der Waals surface area contributed by atoms with Crippen LogP contribution in [-0.4, -0.2) is 48.1 Å². The van der Waals surface area contributed by atoms with Crippen molar-refractivity contribution in [1.29, 1.82) is 0 Å². The standard InChI is InChI=1S/C12H28N2.C2H6/c1-7-13(11(3)4)9-10-14(8-2)12(5)6;1-2/h11-12H,7-10H2,1-6H3;1-2H3. The number of hydrogen-bond acceptors (Lipinski definition) is 2. The molecule has 0 saturated carbocycles. The fourth-order valence-electron chi connectivity index (χ4n) is 1.82. The Kier molecular flexibility index (Phi) is 13.0. The summed E-state index contributed by atoms with van der Waals surface area (Å²) < 4.78 is 0. The van der Waals surface area contributed by atoms with Crippen LogP contribution in [0.2, 0.25) is 0 Å². The van der Waals surface area contributed by atoms with Crippen molar-refractivity contribution < 1.29 is 0 Å². The fourth-order valence-corrected chi connectivity index (χ4v) is 1.82. The van der Waals surface area contributed by atoms with Gasteiger partial charge in [-0.1, -0.05) is 27.7 Å². The molecule has 0 aliphatic rings. The molecule has 0 atom stereocenters. The first kappa shape index (κ1) is 18.3. The smallest absolute Gasteiger partial charge is 0.0112 e. The molecular weight excluding hydrogens is 196 g/mol. The van der Waals surface area contributed by atoms with Gasteiger partial charge in [-0.2, -0.15) is 0 Å². The molecule has 0 unspecified atom stereocenters. The van der Waals surface area contributed by atoms with E-state index >= 15 is 0 Å². The Morgan fingerprint density at radius 2 is 0.938 bits per heavy atom. The molecule has 0 aromatic carbocycles. The SMILES string of the molecule is CC.CCN(CCN(CC)C(C)C)C(C)C. The van der Waals surface area contributed by atoms with E-state index < -0.39 is 0 Å². The maximum Gasteiger partial charge on any atom is 0.0112 e. The van der Waals surface area contributed by atoms with Crippen LogP contribution in [0.5, 0.6) is 0 Å². The zero-order valence-electron chi connectivity index (χ0n) is 12.9. The molecule has 100 valence electrons. The van der Waals surface area contributed by atoms with Crippen LogP contribution in [0.15, 0.2) is 0 Å². The van der Waals surface area contributed by atoms with Crippen molar-refractivity contribution in [2.24, 2.45) is 0 Å². The summed E-state index contributed by atoms with van der Waals surface area (Å²) in [5.41, 5.74) is 0. The van der Waals surface area contributed by atoms with Gasteiger partial charge in [0.1, 0.15) is 0 Å². The fraction of sp³-hybridized carbons (Fsp3) is 1.00. The van der Waals surface area contributed by atoms with Crippen molar-refractivity contribution >= 4 is 0 Å². The maximum atomic E-state index is 2.52. The van der Waals surface area contributed by atoms with Gasteiger partial charge in [-0.15, -0.1) is 0 Å². The third kappa shape index (κ3) is 8.12. The highest BCUT2D eigenvalue weighted by Crippen LogP contribution is 2.01. The third-order valence-electron chi connectivity index (χ3n) is 2.95. The van der Waals surface area contributed by atoms with E-state index in [4.69, 9.17) is 0 Å². The van der Waals surface area contributed by atoms with Gasteiger partial charge in [-0.05, 0) is 40.8 Å². The largest absolute Gasteiger partial charge is 0.300 e. The molecule has 0 aromatic rings. The Morgan fingerprint density at radius 3 is 1.06 bits per heavy atom. The van der Waals surface area contributed by atoms with Crippen molar-refractivity contribution in [1.82, 2.24) is 9.80 Å². The molecule has 0 bridgehead atoms. The van der Waals surface area contributed by atoms with Crippen LogP contribution in [0.1, 0.15) is 55.4 Å². The number of hydrogen-bond donors (Lipinski definition) is 0. The van der Waals surface area contributed by atoms with Crippen molar-refractivity contribution in [3.63, 3.8) is 0 Å². The minimum atomic E-state index is 0.672. The van der Waals surface area contributed by atoms with E-state index in [1.807, 2.05) is 13.8 Å². The van der Waals surface area contributed by atoms with Gasteiger partial charge < -0.3 is 0 Å². The topological polar surface area (TPSA) is 6.48 Å². The quantitative estimate of drug-likeness (QED) is 0.661. The predicted molar refractivity (Wildman–Crippen MR) is 76.1 cm³/mol. The lowest BCUT2D eigenvalue weighted by molar-refractivity contribution is 0.165. The lowest BCUT2D eigenvalue weighted by Gasteiger charge is -2.30. The number of likely N-dealkylation sites (N-methyl/N-ethyl adjacent to an activating group) is 2. The molecule has 0 aromatic heterocycles. The molecule has 0 saturated heterocycles. The molecule has 0 fully saturated rings. The normalized spacial score (nSPS) is 11.2. The second-order valence-corrected chi connectivity index (χ2v) is 4.44. The molecular formula is C14H34N2. The van der Waals surface area contributed by atoms with E-state index in [0.717, 1.165) is 13.1 Å². The average molecular weight is 230 g/mol. The van der Waals surface area contributed by atoms with Crippen LogP contribution < -0.4 is 0 Å². The van der Waals surface area contributed by atoms with Gasteiger partial charge in [0.05, 0.1) is 0 Å². The first-order chi connectivity index (χ1) is 7.52. The summed E-state index contributed by atoms with van der Waals surface area (Å²) in [4.78, 5) is 5.04. The Bertz CT molecular complexity index is 117. The molecule has 2 heteroatoms. The van der Waals surface area contributed by atoms with Crippen LogP contribution in [0.4, 0.5) is 0 Å². The minimum Gasteiger partial charge on any atom is -0.300 e. The number of nitrogens with zero attached hydrogens (tertiary/aromatic N) is 2. The molecule has 0 aliphatic heterocycles. The lowest BCUT2D eigenvalue weighted by Crippen LogP contribution is -2.41. The Hall–Kier alpha value is -0.0800. The van der Waals surface area contributed by atoms with E-state index in [2.05, 4.69) is 51.3 Å². The first-order valence-electron chi connectivity index (χ1n) is 7.00. The molecule has 2 nitrogen and oxygen atoms in total. The van der Waals surface area contributed by atoms with Crippen LogP contribution >= 0.6 is 0 Å². The summed E-state index contributed by atoms with van der Waals surface area (Å²) in [5, 5.41) is 0. The highest BCUT2D eigenvalue weighted by Gasteiger charge is 2.10. The molecule has 0 rings (SSSR count). The first-order valence-corrected chi connectivity index (χ1v) is 7.00. The van der Waals surface area contributed by atoms with Crippen molar-refractivity contribution in [3.05, 3.63) is 0 Å². The van der Waals surface area contributed by atoms with E-state index in [0.29, 0.717) is 12.1 Å². The highest BCUT2D eigenvalue weighted by atomic mass is 15.2. The van der Waals surface area contributed by atoms with Gasteiger partial charge in [0.2, 0.25) is 0 Å². The summed E-state index contributed by atoms with van der Waals surface area (Å²) in [5.74, 6) is 0. The summed E-state index contributed by atoms with van der Waals surface area (Å²) in [6.07, 6.45) is 0. The molecule has 0 radical (unpaired) electrons. The molecule has 0 spiro atoms. The lowest BCUT2D eigenvalue weighted by atomic mass is 10.3. The monoisotopic (exact) mass is 230 g/mol. The zero-order valence-corrected chi connectivity index (χ0v) is 12.9. The van der Waals surface area contributed by atoms with E-state index in [-0.39, 0.29) is 0 Å². The van der Waals surface area contributed by atoms with Crippen molar-refractivity contribution in [2.75, 3.05) is 26.2 Å². The Labute approximate surface area is 104 Å². The van der Waals surface area contributed by atoms with Crippen LogP contribution in [-0.2, 0) is 0 Å². The predicted octanol–water partition coefficient (Wildman–Crippen LogP) is 3.47. The van der Waals surface area contributed by atoms with Gasteiger partial charge in [0.25, 0.3) is 0 Å². The van der Waals surface area contributed by atoms with Gasteiger partial charge in [-0.3, -0.25) is 9.80 Å². The molecule has 0 heterocycles. The van der Waals surface area contributed by atoms with E-state index in [1.54, 1.807) is 0 Å². The van der Waals surface area contributed by atoms with Gasteiger partial charge >= 0.3 is 0 Å². The van der Waals surface area contributed by atoms with Crippen LogP contribution in [0.25, 0.3) is 0 Å². The van der Waals surface area contributed by atoms with Gasteiger partial charge in [-0.25, -0.2) is 0 Å². The van der Waals surface area contributed by atoms with E-state index in [9.17, 15) is 0 Å². The summed E-state index contributed by atoms with van der Waals surface area (Å²) in [6.45, 7) is 22.3. The van der Waals surface area contributed by atoms with Crippen LogP contribution in [0, 0.1) is 0 Å². The summed E-state index contributed by atoms with van der Waals surface area (Å²) in [7, 11) is 0. The number of rotatable bonds is 7. The Morgan fingerprint density at radius 1 is 0.688 bits per heavy atom. The molecule has 0 aliphatic carbocycles. The van der Waals surface area contributed by atoms with E-state index in [1.165, 1.54) is 13.1 Å². The third-order valence-corrected chi connectivity index (χ3v) is 2.95. The van der Waals surface area contributed by atoms with Crippen molar-refractivity contribution in [3.8, 4) is 0 Å². The molecule has 16 heavy (non-hydrogen) atoms. The van der Waals surface area contributed by atoms with Crippen molar-refractivity contribution in [2.45, 2.75) is 67.5 Å². The average Bonchev–Trinajstić information content (AvgIpc) is 2.26. The van der Waals surface area contributed by atoms with Gasteiger partial charge in [0.15, 0.2) is 0 Å². The highest BCUT2D eigenvalue weighted by molar-refractivity contribution is 4.66. The van der Waals surface area contributed by atoms with Gasteiger partial charge in [0, 0.05) is 25.2 Å². The Balaban J connectivity index is 0. The second kappa shape index (κ2) is 11.4. The molecule has 0 N–H and O–H groups in total. The molecule has 0 amide bonds. The summed E-state index contributed by atoms with van der Waals surface area (Å²) >= 11 is 0. The summed E-state index contributed by atoms with van der Waals surface area (Å²) in [6, 6.07) is 1.34. The maximum absolute atomic E-state index is 2.52. The van der Waals surface area contributed by atoms with Crippen LogP contribution in [0.3, 0.4) is 0 Å². The zero-order chi connectivity index (χ0) is 13.1. The second-order valence-electron chi connectivity index (χ2n) is 4.44. The minimum absolute atomic E-state index is 0.672.